The Morgan fingerprint density at radius 2 is 1.45 bits per heavy atom. The number of rotatable bonds is 3. The molecule has 0 unspecified atom stereocenters. The maximum Gasteiger partial charge on any atom is 0.534 e. The summed E-state index contributed by atoms with van der Waals surface area (Å²) in [5.41, 5.74) is -7.03. The molecule has 0 saturated heterocycles. The topological polar surface area (TPSA) is 43.4 Å². The molecule has 0 aliphatic rings. The molecule has 0 aliphatic heterocycles. The smallest absolute Gasteiger partial charge is 0.376 e. The summed E-state index contributed by atoms with van der Waals surface area (Å²) in [7, 11) is -5.91. The van der Waals surface area contributed by atoms with Crippen LogP contribution in [0.25, 0.3) is 5.76 Å². The van der Waals surface area contributed by atoms with Crippen molar-refractivity contribution in [1.82, 2.24) is 0 Å². The minimum atomic E-state index is -5.91. The van der Waals surface area contributed by atoms with Crippen molar-refractivity contribution in [3.8, 4) is 0 Å². The Kier molecular flexibility index (Phi) is 4.09. The molecule has 0 radical (unpaired) electrons. The van der Waals surface area contributed by atoms with Gasteiger partial charge < -0.3 is 4.18 Å². The van der Waals surface area contributed by atoms with Gasteiger partial charge in [-0.3, -0.25) is 0 Å². The monoisotopic (exact) mass is 320 g/mol. The third kappa shape index (κ3) is 3.65. The molecular formula is C10H6F6O3S. The summed E-state index contributed by atoms with van der Waals surface area (Å²) in [6.45, 7) is 2.93. The van der Waals surface area contributed by atoms with Crippen LogP contribution in [0.2, 0.25) is 0 Å². The maximum atomic E-state index is 12.2. The van der Waals surface area contributed by atoms with E-state index in [0.29, 0.717) is 12.1 Å². The first kappa shape index (κ1) is 16.3. The highest BCUT2D eigenvalue weighted by Gasteiger charge is 2.48. The van der Waals surface area contributed by atoms with Gasteiger partial charge in [0.2, 0.25) is 0 Å². The van der Waals surface area contributed by atoms with Crippen molar-refractivity contribution in [1.29, 1.82) is 0 Å². The lowest BCUT2D eigenvalue weighted by atomic mass is 10.1. The van der Waals surface area contributed by atoms with E-state index in [4.69, 9.17) is 0 Å². The summed E-state index contributed by atoms with van der Waals surface area (Å²) >= 11 is 0. The molecule has 0 fully saturated rings. The Balaban J connectivity index is 2.96. The average Bonchev–Trinajstić information content (AvgIpc) is 2.26. The molecule has 0 amide bonds. The van der Waals surface area contributed by atoms with Crippen molar-refractivity contribution in [2.75, 3.05) is 0 Å². The molecule has 0 N–H and O–H groups in total. The van der Waals surface area contributed by atoms with E-state index in [0.717, 1.165) is 12.1 Å². The van der Waals surface area contributed by atoms with Crippen LogP contribution in [-0.2, 0) is 20.5 Å². The van der Waals surface area contributed by atoms with E-state index >= 15 is 0 Å². The van der Waals surface area contributed by atoms with E-state index in [1.807, 2.05) is 0 Å². The molecule has 0 atom stereocenters. The van der Waals surface area contributed by atoms with Crippen molar-refractivity contribution in [3.05, 3.63) is 42.0 Å². The lowest BCUT2D eigenvalue weighted by Crippen LogP contribution is -2.24. The first-order valence-corrected chi connectivity index (χ1v) is 6.13. The van der Waals surface area contributed by atoms with Crippen LogP contribution in [-0.4, -0.2) is 13.9 Å². The van der Waals surface area contributed by atoms with E-state index in [1.165, 1.54) is 0 Å². The molecule has 1 rings (SSSR count). The van der Waals surface area contributed by atoms with Crippen LogP contribution in [0, 0.1) is 0 Å². The molecule has 0 heterocycles. The van der Waals surface area contributed by atoms with E-state index in [1.54, 1.807) is 0 Å². The quantitative estimate of drug-likeness (QED) is 0.370. The van der Waals surface area contributed by atoms with Crippen LogP contribution in [0.4, 0.5) is 26.3 Å². The fourth-order valence-electron chi connectivity index (χ4n) is 1.07. The first-order valence-electron chi connectivity index (χ1n) is 4.72. The summed E-state index contributed by atoms with van der Waals surface area (Å²) < 4.78 is 97.9. The second-order valence-corrected chi connectivity index (χ2v) is 5.02. The standard InChI is InChI=1S/C10H6F6O3S/c1-6(19-20(17,18)10(14,15)16)7-2-4-8(5-3-7)9(11,12)13/h2-5H,1H2. The van der Waals surface area contributed by atoms with Gasteiger partial charge in [0.15, 0.2) is 0 Å². The van der Waals surface area contributed by atoms with Gasteiger partial charge in [-0.1, -0.05) is 18.7 Å². The number of benzene rings is 1. The van der Waals surface area contributed by atoms with E-state index in [-0.39, 0.29) is 5.56 Å². The highest BCUT2D eigenvalue weighted by atomic mass is 32.2. The highest BCUT2D eigenvalue weighted by molar-refractivity contribution is 7.87. The number of hydrogen-bond acceptors (Lipinski definition) is 3. The lowest BCUT2D eigenvalue weighted by molar-refractivity contribution is -0.137. The van der Waals surface area contributed by atoms with Gasteiger partial charge in [-0.2, -0.15) is 34.8 Å². The van der Waals surface area contributed by atoms with Crippen molar-refractivity contribution in [3.63, 3.8) is 0 Å². The highest BCUT2D eigenvalue weighted by Crippen LogP contribution is 2.32. The van der Waals surface area contributed by atoms with Gasteiger partial charge >= 0.3 is 21.8 Å². The average molecular weight is 320 g/mol. The van der Waals surface area contributed by atoms with Crippen molar-refractivity contribution in [2.45, 2.75) is 11.7 Å². The Morgan fingerprint density at radius 1 is 1.00 bits per heavy atom. The predicted molar refractivity (Wildman–Crippen MR) is 56.5 cm³/mol. The molecule has 0 aliphatic carbocycles. The van der Waals surface area contributed by atoms with E-state index < -0.39 is 33.1 Å². The molecule has 1 aromatic carbocycles. The van der Waals surface area contributed by atoms with Gasteiger partial charge in [0.25, 0.3) is 0 Å². The summed E-state index contributed by atoms with van der Waals surface area (Å²) in [6.07, 6.45) is -4.63. The van der Waals surface area contributed by atoms with E-state index in [9.17, 15) is 34.8 Å². The Bertz CT molecular complexity index is 597. The number of alkyl halides is 6. The normalized spacial score (nSPS) is 13.1. The molecule has 0 bridgehead atoms. The predicted octanol–water partition coefficient (Wildman–Crippen LogP) is 3.54. The number of hydrogen-bond donors (Lipinski definition) is 0. The third-order valence-corrected chi connectivity index (χ3v) is 3.02. The van der Waals surface area contributed by atoms with Gasteiger partial charge in [0.05, 0.1) is 5.56 Å². The largest absolute Gasteiger partial charge is 0.534 e. The third-order valence-electron chi connectivity index (χ3n) is 2.03. The van der Waals surface area contributed by atoms with Gasteiger partial charge in [-0.15, -0.1) is 0 Å². The van der Waals surface area contributed by atoms with Crippen molar-refractivity contribution >= 4 is 15.9 Å². The fourth-order valence-corrected chi connectivity index (χ4v) is 1.53. The minimum Gasteiger partial charge on any atom is -0.376 e. The van der Waals surface area contributed by atoms with Crippen molar-refractivity contribution < 1.29 is 38.9 Å². The zero-order valence-corrected chi connectivity index (χ0v) is 10.2. The molecule has 0 spiro atoms. The zero-order valence-electron chi connectivity index (χ0n) is 9.42. The SMILES string of the molecule is C=C(OS(=O)(=O)C(F)(F)F)c1ccc(C(F)(F)F)cc1. The van der Waals surface area contributed by atoms with Gasteiger partial charge in [0, 0.05) is 5.56 Å². The van der Waals surface area contributed by atoms with Gasteiger partial charge in [0.1, 0.15) is 5.76 Å². The second kappa shape index (κ2) is 5.00. The molecule has 0 saturated carbocycles. The van der Waals surface area contributed by atoms with Crippen LogP contribution in [0.15, 0.2) is 30.8 Å². The van der Waals surface area contributed by atoms with Crippen molar-refractivity contribution in [2.24, 2.45) is 0 Å². The summed E-state index contributed by atoms with van der Waals surface area (Å²) in [5, 5.41) is 0. The molecular weight excluding hydrogens is 314 g/mol. The van der Waals surface area contributed by atoms with Crippen LogP contribution in [0.3, 0.4) is 0 Å². The van der Waals surface area contributed by atoms with Crippen LogP contribution in [0.5, 0.6) is 0 Å². The zero-order chi connectivity index (χ0) is 15.8. The Hall–Kier alpha value is -1.71. The molecule has 1 aromatic rings. The molecule has 112 valence electrons. The second-order valence-electron chi connectivity index (χ2n) is 3.48. The summed E-state index contributed by atoms with van der Waals surface area (Å²) in [4.78, 5) is 0. The Labute approximate surface area is 109 Å². The molecule has 3 nitrogen and oxygen atoms in total. The maximum absolute atomic E-state index is 12.2. The summed E-state index contributed by atoms with van der Waals surface area (Å²) in [5.74, 6) is -0.934. The fraction of sp³-hybridized carbons (Fsp3) is 0.200. The first-order chi connectivity index (χ1) is 8.84. The van der Waals surface area contributed by atoms with Crippen LogP contribution < -0.4 is 0 Å². The Morgan fingerprint density at radius 3 is 1.80 bits per heavy atom. The van der Waals surface area contributed by atoms with E-state index in [2.05, 4.69) is 10.8 Å². The summed E-state index contributed by atoms with van der Waals surface area (Å²) in [6, 6.07) is 2.61. The van der Waals surface area contributed by atoms with Crippen LogP contribution >= 0.6 is 0 Å². The number of halogens is 6. The van der Waals surface area contributed by atoms with Gasteiger partial charge in [-0.25, -0.2) is 0 Å². The van der Waals surface area contributed by atoms with Crippen LogP contribution in [0.1, 0.15) is 11.1 Å². The lowest BCUT2D eigenvalue weighted by Gasteiger charge is -2.12. The minimum absolute atomic E-state index is 0.328. The molecule has 10 heteroatoms. The molecule has 20 heavy (non-hydrogen) atoms. The van der Waals surface area contributed by atoms with Gasteiger partial charge in [-0.05, 0) is 12.1 Å². The molecule has 0 aromatic heterocycles.